The fourth-order valence-electron chi connectivity index (χ4n) is 4.79. The number of hydrogen-bond acceptors (Lipinski definition) is 5. The van der Waals surface area contributed by atoms with E-state index in [0.29, 0.717) is 19.3 Å². The number of nitrogen functional groups attached to an aromatic ring is 1. The minimum absolute atomic E-state index is 0.286. The Hall–Kier alpha value is -3.59. The predicted molar refractivity (Wildman–Crippen MR) is 113 cm³/mol. The summed E-state index contributed by atoms with van der Waals surface area (Å²) in [6.45, 7) is 0. The van der Waals surface area contributed by atoms with Crippen LogP contribution < -0.4 is 10.5 Å². The number of methoxy groups -OCH3 is 1. The van der Waals surface area contributed by atoms with E-state index in [-0.39, 0.29) is 5.95 Å². The Kier molecular flexibility index (Phi) is 3.75. The van der Waals surface area contributed by atoms with E-state index in [0.717, 1.165) is 44.4 Å². The van der Waals surface area contributed by atoms with Crippen molar-refractivity contribution in [2.45, 2.75) is 24.7 Å². The van der Waals surface area contributed by atoms with Crippen LogP contribution in [0.4, 0.5) is 5.95 Å². The molecule has 1 aliphatic rings. The monoisotopic (exact) mass is 383 g/mol. The number of benzene rings is 2. The molecule has 2 heterocycles. The van der Waals surface area contributed by atoms with E-state index in [1.807, 2.05) is 25.2 Å². The molecule has 29 heavy (non-hydrogen) atoms. The molecule has 144 valence electrons. The summed E-state index contributed by atoms with van der Waals surface area (Å²) in [5.41, 5.74) is 10.2. The Morgan fingerprint density at radius 2 is 2.07 bits per heavy atom. The smallest absolute Gasteiger partial charge is 0.220 e. The number of hydrogen-bond donors (Lipinski definition) is 1. The second kappa shape index (κ2) is 6.21. The van der Waals surface area contributed by atoms with Crippen LogP contribution >= 0.6 is 0 Å². The highest BCUT2D eigenvalue weighted by Crippen LogP contribution is 2.45. The molecule has 1 unspecified atom stereocenters. The second-order valence-electron chi connectivity index (χ2n) is 7.69. The minimum atomic E-state index is -0.652. The number of aryl methyl sites for hydroxylation is 2. The quantitative estimate of drug-likeness (QED) is 0.570. The van der Waals surface area contributed by atoms with Gasteiger partial charge in [-0.05, 0) is 42.5 Å². The van der Waals surface area contributed by atoms with E-state index in [1.165, 1.54) is 0 Å². The normalized spacial score (nSPS) is 18.5. The lowest BCUT2D eigenvalue weighted by Crippen LogP contribution is -2.33. The van der Waals surface area contributed by atoms with Crippen LogP contribution in [0.1, 0.15) is 23.2 Å². The van der Waals surface area contributed by atoms with Gasteiger partial charge in [-0.15, -0.1) is 0 Å². The molecule has 5 rings (SSSR count). The van der Waals surface area contributed by atoms with Gasteiger partial charge in [-0.25, -0.2) is 9.97 Å². The molecule has 4 aromatic rings. The maximum Gasteiger partial charge on any atom is 0.220 e. The van der Waals surface area contributed by atoms with Gasteiger partial charge in [-0.1, -0.05) is 24.3 Å². The summed E-state index contributed by atoms with van der Waals surface area (Å²) in [5.74, 6) is 1.09. The SMILES string of the molecule is COc1ccc(C2(C#N)CCc3nc(N)ncc3C2)c2c3ccccc3n(C)c12. The summed E-state index contributed by atoms with van der Waals surface area (Å²) in [5, 5.41) is 12.6. The summed E-state index contributed by atoms with van der Waals surface area (Å²) in [6.07, 6.45) is 3.74. The van der Waals surface area contributed by atoms with E-state index in [9.17, 15) is 5.26 Å². The lowest BCUT2D eigenvalue weighted by molar-refractivity contribution is 0.417. The Morgan fingerprint density at radius 1 is 1.24 bits per heavy atom. The lowest BCUT2D eigenvalue weighted by Gasteiger charge is -2.33. The molecule has 0 spiro atoms. The zero-order chi connectivity index (χ0) is 20.2. The van der Waals surface area contributed by atoms with E-state index < -0.39 is 5.41 Å². The molecule has 6 heteroatoms. The fourth-order valence-corrected chi connectivity index (χ4v) is 4.79. The zero-order valence-electron chi connectivity index (χ0n) is 16.4. The number of ether oxygens (including phenoxy) is 1. The van der Waals surface area contributed by atoms with Crippen molar-refractivity contribution < 1.29 is 4.74 Å². The summed E-state index contributed by atoms with van der Waals surface area (Å²) < 4.78 is 7.83. The van der Waals surface area contributed by atoms with Gasteiger partial charge in [0.1, 0.15) is 5.75 Å². The van der Waals surface area contributed by atoms with Crippen molar-refractivity contribution in [1.29, 1.82) is 5.26 Å². The molecular weight excluding hydrogens is 362 g/mol. The number of fused-ring (bicyclic) bond motifs is 4. The Morgan fingerprint density at radius 3 is 2.86 bits per heavy atom. The first kappa shape index (κ1) is 17.5. The number of aromatic nitrogens is 3. The first-order valence-electron chi connectivity index (χ1n) is 9.64. The Labute approximate surface area is 168 Å². The maximum atomic E-state index is 10.4. The molecule has 0 aliphatic heterocycles. The van der Waals surface area contributed by atoms with Gasteiger partial charge < -0.3 is 15.0 Å². The van der Waals surface area contributed by atoms with Gasteiger partial charge >= 0.3 is 0 Å². The van der Waals surface area contributed by atoms with Crippen molar-refractivity contribution in [3.05, 3.63) is 59.4 Å². The van der Waals surface area contributed by atoms with Crippen molar-refractivity contribution in [2.75, 3.05) is 12.8 Å². The van der Waals surface area contributed by atoms with Crippen LogP contribution in [0.25, 0.3) is 21.8 Å². The first-order chi connectivity index (χ1) is 14.1. The summed E-state index contributed by atoms with van der Waals surface area (Å²) in [4.78, 5) is 8.55. The van der Waals surface area contributed by atoms with Gasteiger partial charge in [0.25, 0.3) is 0 Å². The van der Waals surface area contributed by atoms with Crippen LogP contribution in [0, 0.1) is 11.3 Å². The number of nitrogens with zero attached hydrogens (tertiary/aromatic N) is 4. The largest absolute Gasteiger partial charge is 0.495 e. The number of nitrogens with two attached hydrogens (primary N) is 1. The second-order valence-corrected chi connectivity index (χ2v) is 7.69. The summed E-state index contributed by atoms with van der Waals surface area (Å²) in [6, 6.07) is 15.0. The average Bonchev–Trinajstić information content (AvgIpc) is 3.06. The minimum Gasteiger partial charge on any atom is -0.495 e. The highest BCUT2D eigenvalue weighted by Gasteiger charge is 2.39. The van der Waals surface area contributed by atoms with E-state index in [2.05, 4.69) is 38.8 Å². The van der Waals surface area contributed by atoms with Crippen molar-refractivity contribution in [3.8, 4) is 11.8 Å². The van der Waals surface area contributed by atoms with Gasteiger partial charge in [-0.3, -0.25) is 0 Å². The third kappa shape index (κ3) is 2.40. The molecule has 6 nitrogen and oxygen atoms in total. The fraction of sp³-hybridized carbons (Fsp3) is 0.261. The van der Waals surface area contributed by atoms with Gasteiger partial charge in [-0.2, -0.15) is 5.26 Å². The van der Waals surface area contributed by atoms with Gasteiger partial charge in [0.15, 0.2) is 0 Å². The van der Waals surface area contributed by atoms with E-state index >= 15 is 0 Å². The van der Waals surface area contributed by atoms with Gasteiger partial charge in [0.2, 0.25) is 5.95 Å². The van der Waals surface area contributed by atoms with Crippen molar-refractivity contribution in [1.82, 2.24) is 14.5 Å². The molecule has 0 radical (unpaired) electrons. The number of anilines is 1. The van der Waals surface area contributed by atoms with E-state index in [1.54, 1.807) is 13.3 Å². The third-order valence-corrected chi connectivity index (χ3v) is 6.21. The van der Waals surface area contributed by atoms with E-state index in [4.69, 9.17) is 10.5 Å². The Balaban J connectivity index is 1.82. The van der Waals surface area contributed by atoms with Crippen LogP contribution in [0.15, 0.2) is 42.6 Å². The van der Waals surface area contributed by atoms with Crippen LogP contribution in [-0.2, 0) is 25.3 Å². The number of nitriles is 1. The molecule has 0 saturated heterocycles. The molecule has 2 N–H and O–H groups in total. The molecule has 2 aromatic carbocycles. The van der Waals surface area contributed by atoms with Crippen LogP contribution in [0.3, 0.4) is 0 Å². The van der Waals surface area contributed by atoms with Crippen LogP contribution in [-0.4, -0.2) is 21.6 Å². The molecule has 0 fully saturated rings. The summed E-state index contributed by atoms with van der Waals surface area (Å²) in [7, 11) is 3.73. The van der Waals surface area contributed by atoms with Crippen molar-refractivity contribution >= 4 is 27.8 Å². The van der Waals surface area contributed by atoms with Gasteiger partial charge in [0.05, 0.1) is 24.1 Å². The standard InChI is InChI=1S/C23H21N5O/c1-28-18-6-4-3-5-15(18)20-16(7-8-19(29-2)21(20)28)23(13-24)10-9-17-14(11-23)12-26-22(25)27-17/h3-8,12H,9-11H2,1-2H3,(H2,25,26,27). The highest BCUT2D eigenvalue weighted by molar-refractivity contribution is 6.12. The molecule has 1 atom stereocenters. The topological polar surface area (TPSA) is 89.8 Å². The molecule has 0 bridgehead atoms. The third-order valence-electron chi connectivity index (χ3n) is 6.21. The van der Waals surface area contributed by atoms with Crippen molar-refractivity contribution in [3.63, 3.8) is 0 Å². The van der Waals surface area contributed by atoms with Crippen LogP contribution in [0.2, 0.25) is 0 Å². The summed E-state index contributed by atoms with van der Waals surface area (Å²) >= 11 is 0. The Bertz CT molecular complexity index is 1320. The lowest BCUT2D eigenvalue weighted by atomic mass is 9.68. The predicted octanol–water partition coefficient (Wildman–Crippen LogP) is 3.66. The average molecular weight is 383 g/mol. The molecule has 2 aromatic heterocycles. The molecular formula is C23H21N5O. The highest BCUT2D eigenvalue weighted by atomic mass is 16.5. The molecule has 0 amide bonds. The zero-order valence-corrected chi connectivity index (χ0v) is 16.4. The van der Waals surface area contributed by atoms with Crippen LogP contribution in [0.5, 0.6) is 5.75 Å². The number of para-hydroxylation sites is 1. The first-order valence-corrected chi connectivity index (χ1v) is 9.64. The maximum absolute atomic E-state index is 10.4. The number of rotatable bonds is 2. The van der Waals surface area contributed by atoms with Crippen molar-refractivity contribution in [2.24, 2.45) is 7.05 Å². The molecule has 1 aliphatic carbocycles. The van der Waals surface area contributed by atoms with Gasteiger partial charge in [0, 0.05) is 35.2 Å². The molecule has 0 saturated carbocycles.